The Balaban J connectivity index is 1.38. The maximum absolute atomic E-state index is 12.2. The zero-order valence-corrected chi connectivity index (χ0v) is 19.8. The smallest absolute Gasteiger partial charge is 0.228 e. The van der Waals surface area contributed by atoms with Gasteiger partial charge in [0.2, 0.25) is 5.91 Å². The fraction of sp³-hybridized carbons (Fsp3) is 0.370. The van der Waals surface area contributed by atoms with Crippen molar-refractivity contribution in [1.29, 1.82) is 0 Å². The highest BCUT2D eigenvalue weighted by Crippen LogP contribution is 2.31. The van der Waals surface area contributed by atoms with E-state index in [1.165, 1.54) is 5.56 Å². The average molecular weight is 456 g/mol. The number of benzene rings is 1. The zero-order valence-electron chi connectivity index (χ0n) is 19.8. The molecule has 0 radical (unpaired) electrons. The number of amides is 1. The van der Waals surface area contributed by atoms with Crippen LogP contribution in [0.3, 0.4) is 0 Å². The summed E-state index contributed by atoms with van der Waals surface area (Å²) in [4.78, 5) is 23.5. The van der Waals surface area contributed by atoms with Crippen molar-refractivity contribution in [3.8, 4) is 11.8 Å². The Hall–Kier alpha value is -3.47. The third kappa shape index (κ3) is 4.60. The first-order valence-corrected chi connectivity index (χ1v) is 11.7. The molecule has 3 aromatic rings. The molecule has 7 heteroatoms. The van der Waals surface area contributed by atoms with Gasteiger partial charge in [0, 0.05) is 67.9 Å². The summed E-state index contributed by atoms with van der Waals surface area (Å²) in [6, 6.07) is 10.6. The maximum atomic E-state index is 12.2. The number of methoxy groups -OCH3 is 1. The quantitative estimate of drug-likeness (QED) is 0.551. The Kier molecular flexibility index (Phi) is 6.18. The lowest BCUT2D eigenvalue weighted by molar-refractivity contribution is -0.117. The molecular weight excluding hydrogens is 426 g/mol. The van der Waals surface area contributed by atoms with Crippen molar-refractivity contribution in [2.24, 2.45) is 5.92 Å². The van der Waals surface area contributed by atoms with Gasteiger partial charge in [0.05, 0.1) is 11.7 Å². The molecule has 2 fully saturated rings. The molecule has 0 bridgehead atoms. The summed E-state index contributed by atoms with van der Waals surface area (Å²) in [5.74, 6) is 7.96. The summed E-state index contributed by atoms with van der Waals surface area (Å²) in [6.45, 7) is 4.17. The second-order valence-corrected chi connectivity index (χ2v) is 9.01. The molecule has 1 aliphatic heterocycles. The monoisotopic (exact) mass is 455 g/mol. The van der Waals surface area contributed by atoms with Crippen LogP contribution in [0.5, 0.6) is 0 Å². The predicted octanol–water partition coefficient (Wildman–Crippen LogP) is 3.81. The number of hydrogen-bond acceptors (Lipinski definition) is 6. The van der Waals surface area contributed by atoms with Gasteiger partial charge < -0.3 is 15.4 Å². The van der Waals surface area contributed by atoms with Gasteiger partial charge >= 0.3 is 0 Å². The Labute approximate surface area is 199 Å². The standard InChI is InChI=1S/C27H29N5O2/c1-17(32-15-22(16-32)34-3)19-7-4-18(5-8-19)6-9-21-13-30-26(28-2)24-14-29-25(12-23(21)24)31-27(33)20-10-11-20/h4-5,7-8,12-14,17,20,22H,10-11,15-16H2,1-3H3,(H,28,30)(H,29,31,33)/t17-/m1/s1. The normalized spacial score (nSPS) is 16.9. The van der Waals surface area contributed by atoms with Gasteiger partial charge in [-0.3, -0.25) is 9.69 Å². The molecule has 2 aromatic heterocycles. The largest absolute Gasteiger partial charge is 0.379 e. The lowest BCUT2D eigenvalue weighted by Gasteiger charge is -2.42. The molecule has 1 aliphatic carbocycles. The number of hydrogen-bond donors (Lipinski definition) is 2. The van der Waals surface area contributed by atoms with Gasteiger partial charge in [-0.05, 0) is 43.5 Å². The van der Waals surface area contributed by atoms with Crippen molar-refractivity contribution in [3.63, 3.8) is 0 Å². The van der Waals surface area contributed by atoms with Crippen molar-refractivity contribution >= 4 is 28.3 Å². The number of rotatable bonds is 6. The third-order valence-corrected chi connectivity index (χ3v) is 6.70. The van der Waals surface area contributed by atoms with Crippen LogP contribution >= 0.6 is 0 Å². The van der Waals surface area contributed by atoms with E-state index >= 15 is 0 Å². The van der Waals surface area contributed by atoms with Crippen molar-refractivity contribution in [2.75, 3.05) is 37.9 Å². The maximum Gasteiger partial charge on any atom is 0.228 e. The molecule has 1 saturated carbocycles. The molecule has 34 heavy (non-hydrogen) atoms. The van der Waals surface area contributed by atoms with E-state index in [0.29, 0.717) is 18.0 Å². The van der Waals surface area contributed by atoms with E-state index in [-0.39, 0.29) is 11.8 Å². The van der Waals surface area contributed by atoms with E-state index in [4.69, 9.17) is 4.74 Å². The molecule has 7 nitrogen and oxygen atoms in total. The third-order valence-electron chi connectivity index (χ3n) is 6.70. The number of carbonyl (C=O) groups excluding carboxylic acids is 1. The number of likely N-dealkylation sites (tertiary alicyclic amines) is 1. The van der Waals surface area contributed by atoms with Crippen LogP contribution in [0.15, 0.2) is 42.7 Å². The van der Waals surface area contributed by atoms with E-state index in [1.807, 2.05) is 13.1 Å². The van der Waals surface area contributed by atoms with Gasteiger partial charge in [-0.15, -0.1) is 0 Å². The van der Waals surface area contributed by atoms with Crippen molar-refractivity contribution in [3.05, 3.63) is 59.4 Å². The van der Waals surface area contributed by atoms with Crippen LogP contribution in [0.4, 0.5) is 11.6 Å². The summed E-state index contributed by atoms with van der Waals surface area (Å²) in [6.07, 6.45) is 5.76. The molecule has 0 unspecified atom stereocenters. The number of pyridine rings is 2. The van der Waals surface area contributed by atoms with Crippen molar-refractivity contribution < 1.29 is 9.53 Å². The molecular formula is C27H29N5O2. The van der Waals surface area contributed by atoms with Crippen LogP contribution in [-0.4, -0.2) is 54.1 Å². The minimum atomic E-state index is 0.0349. The Morgan fingerprint density at radius 3 is 2.56 bits per heavy atom. The topological polar surface area (TPSA) is 79.4 Å². The number of fused-ring (bicyclic) bond motifs is 1. The second kappa shape index (κ2) is 9.41. The van der Waals surface area contributed by atoms with Gasteiger partial charge in [0.1, 0.15) is 11.6 Å². The van der Waals surface area contributed by atoms with E-state index < -0.39 is 0 Å². The van der Waals surface area contributed by atoms with Crippen LogP contribution in [0.2, 0.25) is 0 Å². The molecule has 174 valence electrons. The number of nitrogens with zero attached hydrogens (tertiary/aromatic N) is 3. The van der Waals surface area contributed by atoms with Crippen LogP contribution in [0.25, 0.3) is 10.8 Å². The summed E-state index contributed by atoms with van der Waals surface area (Å²) in [5, 5.41) is 7.80. The number of anilines is 2. The van der Waals surface area contributed by atoms with Crippen molar-refractivity contribution in [2.45, 2.75) is 31.9 Å². The summed E-state index contributed by atoms with van der Waals surface area (Å²) < 4.78 is 5.39. The lowest BCUT2D eigenvalue weighted by atomic mass is 10.0. The molecule has 1 aromatic carbocycles. The highest BCUT2D eigenvalue weighted by molar-refractivity contribution is 5.99. The minimum Gasteiger partial charge on any atom is -0.379 e. The van der Waals surface area contributed by atoms with Crippen LogP contribution in [0.1, 0.15) is 42.5 Å². The zero-order chi connectivity index (χ0) is 23.7. The highest BCUT2D eigenvalue weighted by Gasteiger charge is 2.31. The summed E-state index contributed by atoms with van der Waals surface area (Å²) in [7, 11) is 3.60. The fourth-order valence-electron chi connectivity index (χ4n) is 4.21. The SMILES string of the molecule is CNc1ncc(C#Cc2ccc([C@@H](C)N3CC(OC)C3)cc2)c2cc(NC(=O)C3CC3)ncc12. The van der Waals surface area contributed by atoms with Gasteiger partial charge in [0.15, 0.2) is 0 Å². The van der Waals surface area contributed by atoms with Gasteiger partial charge in [-0.2, -0.15) is 0 Å². The number of carbonyl (C=O) groups is 1. The predicted molar refractivity (Wildman–Crippen MR) is 134 cm³/mol. The molecule has 1 amide bonds. The minimum absolute atomic E-state index is 0.0349. The molecule has 1 saturated heterocycles. The van der Waals surface area contributed by atoms with Crippen LogP contribution < -0.4 is 10.6 Å². The lowest BCUT2D eigenvalue weighted by Crippen LogP contribution is -2.52. The van der Waals surface area contributed by atoms with Gasteiger partial charge in [-0.1, -0.05) is 24.0 Å². The molecule has 1 atom stereocenters. The van der Waals surface area contributed by atoms with Gasteiger partial charge in [-0.25, -0.2) is 9.97 Å². The summed E-state index contributed by atoms with van der Waals surface area (Å²) in [5.41, 5.74) is 3.01. The van der Waals surface area contributed by atoms with Gasteiger partial charge in [0.25, 0.3) is 0 Å². The Morgan fingerprint density at radius 2 is 1.88 bits per heavy atom. The fourth-order valence-corrected chi connectivity index (χ4v) is 4.21. The number of ether oxygens (including phenoxy) is 1. The first kappa shape index (κ1) is 22.3. The number of nitrogens with one attached hydrogen (secondary N) is 2. The first-order chi connectivity index (χ1) is 16.6. The van der Waals surface area contributed by atoms with Crippen LogP contribution in [0, 0.1) is 17.8 Å². The summed E-state index contributed by atoms with van der Waals surface area (Å²) >= 11 is 0. The molecule has 5 rings (SSSR count). The van der Waals surface area contributed by atoms with Crippen LogP contribution in [-0.2, 0) is 9.53 Å². The Morgan fingerprint density at radius 1 is 1.12 bits per heavy atom. The highest BCUT2D eigenvalue weighted by atomic mass is 16.5. The Bertz CT molecular complexity index is 1270. The second-order valence-electron chi connectivity index (χ2n) is 9.01. The van der Waals surface area contributed by atoms with E-state index in [2.05, 4.69) is 68.5 Å². The molecule has 0 spiro atoms. The number of aromatic nitrogens is 2. The van der Waals surface area contributed by atoms with E-state index in [9.17, 15) is 4.79 Å². The van der Waals surface area contributed by atoms with E-state index in [0.717, 1.165) is 53.6 Å². The first-order valence-electron chi connectivity index (χ1n) is 11.7. The molecule has 3 heterocycles. The molecule has 2 aliphatic rings. The molecule has 2 N–H and O–H groups in total. The van der Waals surface area contributed by atoms with E-state index in [1.54, 1.807) is 19.5 Å². The average Bonchev–Trinajstić information content (AvgIpc) is 3.68. The van der Waals surface area contributed by atoms with Crippen molar-refractivity contribution in [1.82, 2.24) is 14.9 Å².